The maximum atomic E-state index is 10.6. The van der Waals surface area contributed by atoms with Gasteiger partial charge in [-0.05, 0) is 13.8 Å². The second kappa shape index (κ2) is 23.9. The molecule has 8 nitrogen and oxygen atoms in total. The molecule has 0 saturated carbocycles. The molecule has 1 radical (unpaired) electrons. The van der Waals surface area contributed by atoms with E-state index in [4.69, 9.17) is 0 Å². The molecule has 0 fully saturated rings. The minimum absolute atomic E-state index is 0. The first-order valence-corrected chi connectivity index (χ1v) is 7.67. The van der Waals surface area contributed by atoms with Crippen molar-refractivity contribution >= 4 is 17.7 Å². The predicted molar refractivity (Wildman–Crippen MR) is 87.7 cm³/mol. The van der Waals surface area contributed by atoms with Crippen molar-refractivity contribution in [2.75, 3.05) is 0 Å². The summed E-state index contributed by atoms with van der Waals surface area (Å²) in [5, 5.41) is 28.6. The second-order valence-electron chi connectivity index (χ2n) is 5.63. The average Bonchev–Trinajstić information content (AvgIpc) is 2.32. The number of rotatable bonds is 3. The molecule has 26 heavy (non-hydrogen) atoms. The van der Waals surface area contributed by atoms with Crippen LogP contribution in [0.5, 0.6) is 0 Å². The van der Waals surface area contributed by atoms with Crippen molar-refractivity contribution in [2.24, 2.45) is 0 Å². The smallest absolute Gasteiger partial charge is 0.852 e. The van der Waals surface area contributed by atoms with Crippen LogP contribution in [0.1, 0.15) is 61.8 Å². The van der Waals surface area contributed by atoms with Gasteiger partial charge in [-0.3, -0.25) is 4.79 Å². The summed E-state index contributed by atoms with van der Waals surface area (Å²) in [5.74, 6) is -2.10. The molecule has 0 aliphatic rings. The van der Waals surface area contributed by atoms with Gasteiger partial charge in [0.25, 0.3) is 0 Å². The second-order valence-corrected chi connectivity index (χ2v) is 5.63. The Balaban J connectivity index is -0.0000000933. The Morgan fingerprint density at radius 2 is 1.08 bits per heavy atom. The van der Waals surface area contributed by atoms with Crippen LogP contribution >= 0.6 is 0 Å². The molecular formula is C17H31O8Ti. The zero-order chi connectivity index (χ0) is 21.2. The fraction of sp³-hybridized carbons (Fsp3) is 0.706. The molecule has 151 valence electrons. The van der Waals surface area contributed by atoms with Crippen molar-refractivity contribution in [3.05, 3.63) is 12.2 Å². The van der Waals surface area contributed by atoms with Crippen LogP contribution in [0.2, 0.25) is 0 Å². The van der Waals surface area contributed by atoms with E-state index >= 15 is 0 Å². The van der Waals surface area contributed by atoms with E-state index in [1.807, 2.05) is 0 Å². The SMILES string of the molecule is C=C(C)C(=O)OOC(=O)CC(C)=O.CC(C)[O-].CC(C)[O-].CC(C)[O-].[Ti+3]. The van der Waals surface area contributed by atoms with Crippen molar-refractivity contribution in [3.8, 4) is 0 Å². The Morgan fingerprint density at radius 3 is 1.27 bits per heavy atom. The normalized spacial score (nSPS) is 8.54. The van der Waals surface area contributed by atoms with Crippen molar-refractivity contribution in [2.45, 2.75) is 80.1 Å². The quantitative estimate of drug-likeness (QED) is 0.205. The summed E-state index contributed by atoms with van der Waals surface area (Å²) in [5.41, 5.74) is 0.107. The van der Waals surface area contributed by atoms with E-state index in [1.54, 1.807) is 41.5 Å². The Labute approximate surface area is 171 Å². The van der Waals surface area contributed by atoms with Crippen molar-refractivity contribution in [3.63, 3.8) is 0 Å². The maximum absolute atomic E-state index is 10.6. The van der Waals surface area contributed by atoms with E-state index in [-0.39, 0.29) is 33.1 Å². The third kappa shape index (κ3) is 77.4. The Bertz CT molecular complexity index is 356. The summed E-state index contributed by atoms with van der Waals surface area (Å²) < 4.78 is 0. The van der Waals surface area contributed by atoms with Gasteiger partial charge in [0, 0.05) is 5.57 Å². The number of carbonyl (C=O) groups is 3. The molecule has 0 rings (SSSR count). The predicted octanol–water partition coefficient (Wildman–Crippen LogP) is -0.194. The molecule has 0 atom stereocenters. The Kier molecular flexibility index (Phi) is 33.1. The molecule has 0 bridgehead atoms. The molecule has 0 spiro atoms. The molecule has 0 aliphatic heterocycles. The van der Waals surface area contributed by atoms with Crippen LogP contribution < -0.4 is 15.3 Å². The van der Waals surface area contributed by atoms with Crippen molar-refractivity contribution in [1.82, 2.24) is 0 Å². The Hall–Kier alpha value is -1.06. The minimum Gasteiger partial charge on any atom is -0.852 e. The van der Waals surface area contributed by atoms with Gasteiger partial charge in [0.1, 0.15) is 12.2 Å². The van der Waals surface area contributed by atoms with Crippen LogP contribution in [0.25, 0.3) is 0 Å². The number of hydrogen-bond donors (Lipinski definition) is 0. The number of hydrogen-bond acceptors (Lipinski definition) is 8. The summed E-state index contributed by atoms with van der Waals surface area (Å²) in [6.45, 7) is 15.6. The van der Waals surface area contributed by atoms with Gasteiger partial charge in [-0.25, -0.2) is 19.4 Å². The van der Waals surface area contributed by atoms with Crippen LogP contribution in [0.4, 0.5) is 0 Å². The van der Waals surface area contributed by atoms with Gasteiger partial charge < -0.3 is 15.3 Å². The van der Waals surface area contributed by atoms with Crippen molar-refractivity contribution < 1.29 is 61.2 Å². The fourth-order valence-electron chi connectivity index (χ4n) is 0.388. The molecule has 0 N–H and O–H groups in total. The molecule has 0 aromatic heterocycles. The molecule has 0 amide bonds. The molecule has 0 aromatic carbocycles. The minimum atomic E-state index is -0.901. The first-order valence-electron chi connectivity index (χ1n) is 7.67. The average molecular weight is 411 g/mol. The monoisotopic (exact) mass is 411 g/mol. The van der Waals surface area contributed by atoms with E-state index in [2.05, 4.69) is 16.4 Å². The third-order valence-corrected chi connectivity index (χ3v) is 0.952. The van der Waals surface area contributed by atoms with Crippen LogP contribution in [0, 0.1) is 0 Å². The molecule has 0 unspecified atom stereocenters. The van der Waals surface area contributed by atoms with Gasteiger partial charge in [-0.15, -0.1) is 18.3 Å². The van der Waals surface area contributed by atoms with Crippen LogP contribution in [0.15, 0.2) is 12.2 Å². The number of ketones is 1. The Morgan fingerprint density at radius 1 is 0.808 bits per heavy atom. The molecule has 0 heterocycles. The topological polar surface area (TPSA) is 139 Å². The molecule has 0 aliphatic carbocycles. The molecule has 0 saturated heterocycles. The van der Waals surface area contributed by atoms with E-state index in [0.717, 1.165) is 0 Å². The largest absolute Gasteiger partial charge is 3.00 e. The molecule has 9 heteroatoms. The number of Topliss-reactive ketones (excluding diaryl/α,β-unsaturated/α-hetero) is 1. The van der Waals surface area contributed by atoms with E-state index in [1.165, 1.54) is 13.8 Å². The van der Waals surface area contributed by atoms with E-state index < -0.39 is 36.7 Å². The van der Waals surface area contributed by atoms with E-state index in [9.17, 15) is 29.7 Å². The van der Waals surface area contributed by atoms with Crippen LogP contribution in [-0.4, -0.2) is 36.0 Å². The molecular weight excluding hydrogens is 380 g/mol. The standard InChI is InChI=1S/C8H10O5.3C3H7O.Ti/c1-5(2)8(11)13-12-7(10)4-6(3)9;3*1-3(2)4;/h1,4H2,2-3H3;3*3H,1-2H3;/q;3*-1;+3. The number of carbonyl (C=O) groups excluding carboxylic acids is 3. The summed E-state index contributed by atoms with van der Waals surface area (Å²) in [6, 6.07) is 0. The summed E-state index contributed by atoms with van der Waals surface area (Å²) >= 11 is 0. The van der Waals surface area contributed by atoms with Crippen LogP contribution in [-0.2, 0) is 45.9 Å². The van der Waals surface area contributed by atoms with Gasteiger partial charge in [-0.1, -0.05) is 48.1 Å². The summed E-state index contributed by atoms with van der Waals surface area (Å²) in [6.07, 6.45) is -1.66. The van der Waals surface area contributed by atoms with Gasteiger partial charge in [0.2, 0.25) is 0 Å². The van der Waals surface area contributed by atoms with Crippen molar-refractivity contribution in [1.29, 1.82) is 0 Å². The van der Waals surface area contributed by atoms with Gasteiger partial charge in [0.15, 0.2) is 0 Å². The van der Waals surface area contributed by atoms with Gasteiger partial charge >= 0.3 is 33.7 Å². The molecule has 0 aromatic rings. The fourth-order valence-corrected chi connectivity index (χ4v) is 0.388. The first kappa shape index (κ1) is 36.0. The summed E-state index contributed by atoms with van der Waals surface area (Å²) in [4.78, 5) is 39.7. The zero-order valence-electron chi connectivity index (χ0n) is 16.9. The van der Waals surface area contributed by atoms with E-state index in [0.29, 0.717) is 0 Å². The van der Waals surface area contributed by atoms with Gasteiger partial charge in [-0.2, -0.15) is 0 Å². The summed E-state index contributed by atoms with van der Waals surface area (Å²) in [7, 11) is 0. The first-order chi connectivity index (χ1) is 11.1. The maximum Gasteiger partial charge on any atom is 3.00 e. The van der Waals surface area contributed by atoms with Gasteiger partial charge in [0.05, 0.1) is 0 Å². The zero-order valence-corrected chi connectivity index (χ0v) is 18.5. The third-order valence-electron chi connectivity index (χ3n) is 0.952. The van der Waals surface area contributed by atoms with Crippen LogP contribution in [0.3, 0.4) is 0 Å².